The second-order valence-corrected chi connectivity index (χ2v) is 4.86. The summed E-state index contributed by atoms with van der Waals surface area (Å²) in [5.74, 6) is 1.23. The van der Waals surface area contributed by atoms with Gasteiger partial charge in [-0.15, -0.1) is 0 Å². The van der Waals surface area contributed by atoms with Gasteiger partial charge in [-0.25, -0.2) is 0 Å². The van der Waals surface area contributed by atoms with Gasteiger partial charge in [0, 0.05) is 0 Å². The van der Waals surface area contributed by atoms with Crippen molar-refractivity contribution in [1.82, 2.24) is 7.23 Å². The van der Waals surface area contributed by atoms with Crippen LogP contribution in [0, 0.1) is 33.4 Å². The number of carbonyl (C=O) groups excluding carboxylic acids is 2. The predicted molar refractivity (Wildman–Crippen MR) is 54.9 cm³/mol. The van der Waals surface area contributed by atoms with Gasteiger partial charge in [-0.2, -0.15) is 0 Å². The molecule has 4 nitrogen and oxygen atoms in total. The Morgan fingerprint density at radius 3 is 2.57 bits per heavy atom. The topological polar surface area (TPSA) is 58.2 Å². The summed E-state index contributed by atoms with van der Waals surface area (Å²) < 4.78 is 4.67. The fourth-order valence-corrected chi connectivity index (χ4v) is 2.56. The Hall–Kier alpha value is 0.684. The van der Waals surface area contributed by atoms with Gasteiger partial charge in [0.25, 0.3) is 0 Å². The fraction of sp³-hybridized carbons (Fsp3) is 0.750. The number of likely N-dealkylation sites (N-methyl/N-ethyl adjacent to an activating group) is 1. The van der Waals surface area contributed by atoms with E-state index < -0.39 is 0 Å². The molecule has 91 valence electrons. The van der Waals surface area contributed by atoms with Gasteiger partial charge in [0.2, 0.25) is 0 Å². The van der Waals surface area contributed by atoms with E-state index in [4.69, 9.17) is 0 Å². The average Bonchev–Trinajstić information content (AvgIpc) is 2.12. The molecule has 0 aliphatic carbocycles. The van der Waals surface area contributed by atoms with Crippen LogP contribution in [0.15, 0.2) is 0 Å². The van der Waals surface area contributed by atoms with Crippen LogP contribution in [0.4, 0.5) is 0 Å². The van der Waals surface area contributed by atoms with Gasteiger partial charge in [-0.05, 0) is 0 Å². The molecule has 0 aromatic rings. The Morgan fingerprint density at radius 1 is 1.50 bits per heavy atom. The number of hydrogen-bond acceptors (Lipinski definition) is 4. The first-order valence-electron chi connectivity index (χ1n) is 3.96. The third-order valence-electron chi connectivity index (χ3n) is 1.49. The van der Waals surface area contributed by atoms with Crippen LogP contribution in [0.2, 0.25) is 3.14 Å². The van der Waals surface area contributed by atoms with Gasteiger partial charge in [-0.1, -0.05) is 0 Å². The molecule has 1 amide bonds. The number of carbonyl (C=O) groups is 2. The molecule has 0 bridgehead atoms. The molecule has 0 fully saturated rings. The normalized spacial score (nSPS) is 12.5. The number of amides is 1. The molecule has 0 saturated heterocycles. The summed E-state index contributed by atoms with van der Waals surface area (Å²) >= 11 is 1.81. The van der Waals surface area contributed by atoms with E-state index in [-0.39, 0.29) is 17.7 Å². The minimum atomic E-state index is -0.141. The van der Waals surface area contributed by atoms with Gasteiger partial charge in [0.15, 0.2) is 0 Å². The number of nitrogens with one attached hydrogen (secondary N) is 2. The molecule has 0 rings (SSSR count). The standard InChI is InChI=1S/C7H14N2O2S.CH3.Lu/c1-5(10)6(9-2)3-12-4-7(8)11;;/h6,9H,3-4H2,1-2H3,(H2,8,11);1H3;/q;;+1/p-1. The summed E-state index contributed by atoms with van der Waals surface area (Å²) in [5.41, 5.74) is 0. The molecule has 0 aromatic carbocycles. The van der Waals surface area contributed by atoms with E-state index in [0.29, 0.717) is 44.9 Å². The van der Waals surface area contributed by atoms with Crippen LogP contribution < -0.4 is 7.23 Å². The molecule has 0 aliphatic rings. The molecule has 1 atom stereocenters. The van der Waals surface area contributed by atoms with Crippen molar-refractivity contribution in [3.05, 3.63) is 0 Å². The van der Waals surface area contributed by atoms with Crippen molar-refractivity contribution in [3.8, 4) is 0 Å². The molecule has 14 heavy (non-hydrogen) atoms. The zero-order valence-electron chi connectivity index (χ0n) is 8.47. The molecule has 6 heteroatoms. The zero-order chi connectivity index (χ0) is 11.0. The molecule has 0 aliphatic heterocycles. The first-order chi connectivity index (χ1) is 6.61. The van der Waals surface area contributed by atoms with E-state index in [1.165, 1.54) is 11.8 Å². The molecule has 0 radical (unpaired) electrons. The Balaban J connectivity index is 3.61. The van der Waals surface area contributed by atoms with Gasteiger partial charge in [0.1, 0.15) is 0 Å². The van der Waals surface area contributed by atoms with Crippen molar-refractivity contribution >= 4 is 23.5 Å². The molecule has 0 aromatic heterocycles. The summed E-state index contributed by atoms with van der Waals surface area (Å²) in [6.45, 7) is 1.55. The Morgan fingerprint density at radius 2 is 2.14 bits per heavy atom. The van der Waals surface area contributed by atoms with Crippen molar-refractivity contribution in [2.75, 3.05) is 18.6 Å². The van der Waals surface area contributed by atoms with Crippen LogP contribution in [0.5, 0.6) is 0 Å². The van der Waals surface area contributed by atoms with Crippen LogP contribution in [0.3, 0.4) is 0 Å². The molecule has 2 N–H and O–H groups in total. The SMILES string of the molecule is CNC(CSCC(=O)[NH][Lu][CH3])C(C)=O. The van der Waals surface area contributed by atoms with Crippen molar-refractivity contribution in [1.29, 1.82) is 0 Å². The number of hydrogen-bond donors (Lipinski definition) is 2. The van der Waals surface area contributed by atoms with Crippen LogP contribution in [0.25, 0.3) is 0 Å². The van der Waals surface area contributed by atoms with E-state index in [0.717, 1.165) is 0 Å². The minimum absolute atomic E-state index is 0.0425. The van der Waals surface area contributed by atoms with Gasteiger partial charge in [0.05, 0.1) is 0 Å². The monoisotopic (exact) mass is 379 g/mol. The average molecular weight is 379 g/mol. The summed E-state index contributed by atoms with van der Waals surface area (Å²) in [5, 5.41) is 2.91. The second-order valence-electron chi connectivity index (χ2n) is 2.58. The summed E-state index contributed by atoms with van der Waals surface area (Å²) in [7, 11) is 1.75. The number of thioether (sulfide) groups is 1. The van der Waals surface area contributed by atoms with Gasteiger partial charge in [-0.3, -0.25) is 0 Å². The Labute approximate surface area is 107 Å². The third kappa shape index (κ3) is 7.04. The molecular weight excluding hydrogens is 363 g/mol. The third-order valence-corrected chi connectivity index (χ3v) is 3.40. The van der Waals surface area contributed by atoms with Gasteiger partial charge >= 0.3 is 108 Å². The van der Waals surface area contributed by atoms with Crippen molar-refractivity contribution in [3.63, 3.8) is 0 Å². The van der Waals surface area contributed by atoms with Crippen molar-refractivity contribution in [2.24, 2.45) is 0 Å². The summed E-state index contributed by atoms with van der Waals surface area (Å²) in [6.07, 6.45) is 0. The summed E-state index contributed by atoms with van der Waals surface area (Å²) in [4.78, 5) is 22.1. The van der Waals surface area contributed by atoms with E-state index in [1.807, 2.05) is 3.14 Å². The predicted octanol–water partition coefficient (Wildman–Crippen LogP) is 0.0609. The van der Waals surface area contributed by atoms with Crippen LogP contribution in [-0.4, -0.2) is 36.3 Å². The van der Waals surface area contributed by atoms with Crippen LogP contribution in [0.1, 0.15) is 6.92 Å². The van der Waals surface area contributed by atoms with Crippen molar-refractivity contribution in [2.45, 2.75) is 16.1 Å². The molecular formula is C8H16LuN2O2S. The maximum atomic E-state index is 11.1. The maximum absolute atomic E-state index is 11.1. The van der Waals surface area contributed by atoms with E-state index in [9.17, 15) is 9.59 Å². The van der Waals surface area contributed by atoms with Crippen molar-refractivity contribution < 1.29 is 43.0 Å². The first-order valence-corrected chi connectivity index (χ1v) is 7.60. The Bertz CT molecular complexity index is 202. The number of Topliss-reactive ketones (excluding diaryl/α,β-unsaturated/α-hetero) is 1. The van der Waals surface area contributed by atoms with Gasteiger partial charge < -0.3 is 0 Å². The first kappa shape index (κ1) is 14.7. The fourth-order valence-electron chi connectivity index (χ4n) is 0.764. The van der Waals surface area contributed by atoms with E-state index >= 15 is 0 Å². The number of ketones is 1. The summed E-state index contributed by atoms with van der Waals surface area (Å²) in [6, 6.07) is -0.141. The van der Waals surface area contributed by atoms with Crippen LogP contribution >= 0.6 is 11.8 Å². The second kappa shape index (κ2) is 8.95. The Kier molecular flexibility index (Phi) is 9.39. The molecule has 0 saturated carbocycles. The zero-order valence-corrected chi connectivity index (χ0v) is 10.9. The van der Waals surface area contributed by atoms with E-state index in [2.05, 4.69) is 7.23 Å². The van der Waals surface area contributed by atoms with E-state index in [1.54, 1.807) is 14.0 Å². The van der Waals surface area contributed by atoms with Crippen LogP contribution in [-0.2, 0) is 9.59 Å². The molecule has 0 heterocycles. The quantitative estimate of drug-likeness (QED) is 0.657. The molecule has 1 unspecified atom stereocenters. The molecule has 0 spiro atoms. The number of rotatable bonds is 7.